The van der Waals surface area contributed by atoms with Gasteiger partial charge in [0.05, 0.1) is 5.56 Å². The Hall–Kier alpha value is -1.92. The van der Waals surface area contributed by atoms with Crippen LogP contribution in [-0.4, -0.2) is 5.91 Å². The molecule has 0 saturated carbocycles. The number of benzene rings is 2. The molecule has 3 rings (SSSR count). The van der Waals surface area contributed by atoms with Gasteiger partial charge in [0.2, 0.25) is 5.91 Å². The summed E-state index contributed by atoms with van der Waals surface area (Å²) in [6.45, 7) is 0. The summed E-state index contributed by atoms with van der Waals surface area (Å²) in [6.07, 6.45) is 0. The first kappa shape index (κ1) is 15.0. The maximum atomic E-state index is 12.3. The van der Waals surface area contributed by atoms with Crippen molar-refractivity contribution in [2.24, 2.45) is 5.73 Å². The fourth-order valence-corrected chi connectivity index (χ4v) is 3.82. The van der Waals surface area contributed by atoms with E-state index in [0.717, 1.165) is 5.39 Å². The van der Waals surface area contributed by atoms with Gasteiger partial charge in [0.15, 0.2) is 0 Å². The van der Waals surface area contributed by atoms with Gasteiger partial charge in [0, 0.05) is 25.5 Å². The van der Waals surface area contributed by atoms with Crippen LogP contribution < -0.4 is 11.4 Å². The number of hydrogen-bond acceptors (Lipinski definition) is 3. The van der Waals surface area contributed by atoms with Crippen LogP contribution >= 0.6 is 31.9 Å². The van der Waals surface area contributed by atoms with Crippen LogP contribution in [0, 0.1) is 0 Å². The third kappa shape index (κ3) is 2.60. The topological polar surface area (TPSA) is 73.3 Å². The zero-order valence-electron chi connectivity index (χ0n) is 11.1. The molecule has 4 nitrogen and oxygen atoms in total. The maximum absolute atomic E-state index is 12.3. The van der Waals surface area contributed by atoms with Gasteiger partial charge >= 0.3 is 5.63 Å². The second kappa shape index (κ2) is 5.70. The van der Waals surface area contributed by atoms with E-state index >= 15 is 0 Å². The van der Waals surface area contributed by atoms with E-state index in [1.807, 2.05) is 12.1 Å². The molecule has 1 amide bonds. The molecule has 1 aromatic heterocycles. The Morgan fingerprint density at radius 3 is 2.32 bits per heavy atom. The van der Waals surface area contributed by atoms with E-state index in [4.69, 9.17) is 10.2 Å². The van der Waals surface area contributed by atoms with Gasteiger partial charge < -0.3 is 10.2 Å². The predicted molar refractivity (Wildman–Crippen MR) is 91.8 cm³/mol. The summed E-state index contributed by atoms with van der Waals surface area (Å²) in [5.74, 6) is -0.543. The molecule has 0 unspecified atom stereocenters. The summed E-state index contributed by atoms with van der Waals surface area (Å²) in [6, 6.07) is 12.2. The maximum Gasteiger partial charge on any atom is 0.344 e. The molecule has 0 atom stereocenters. The van der Waals surface area contributed by atoms with Crippen molar-refractivity contribution in [3.8, 4) is 11.1 Å². The van der Waals surface area contributed by atoms with Gasteiger partial charge in [-0.15, -0.1) is 0 Å². The number of amides is 1. The zero-order valence-corrected chi connectivity index (χ0v) is 14.3. The number of nitrogens with two attached hydrogens (primary N) is 1. The fraction of sp³-hybridized carbons (Fsp3) is 0. The van der Waals surface area contributed by atoms with E-state index in [9.17, 15) is 9.59 Å². The Kier molecular flexibility index (Phi) is 3.88. The number of rotatable bonds is 2. The minimum atomic E-state index is -0.543. The summed E-state index contributed by atoms with van der Waals surface area (Å²) in [5.41, 5.74) is 6.71. The van der Waals surface area contributed by atoms with Gasteiger partial charge in [-0.3, -0.25) is 4.79 Å². The molecule has 6 heteroatoms. The highest BCUT2D eigenvalue weighted by atomic mass is 79.9. The average Bonchev–Trinajstić information content (AvgIpc) is 2.46. The number of para-hydroxylation sites is 1. The van der Waals surface area contributed by atoms with Crippen molar-refractivity contribution in [3.63, 3.8) is 0 Å². The third-order valence-corrected chi connectivity index (χ3v) is 4.49. The first-order valence-corrected chi connectivity index (χ1v) is 7.88. The van der Waals surface area contributed by atoms with Gasteiger partial charge in [-0.05, 0) is 24.3 Å². The summed E-state index contributed by atoms with van der Waals surface area (Å²) < 4.78 is 6.51. The van der Waals surface area contributed by atoms with Crippen molar-refractivity contribution in [2.75, 3.05) is 0 Å². The Morgan fingerprint density at radius 1 is 1.05 bits per heavy atom. The smallest absolute Gasteiger partial charge is 0.344 e. The van der Waals surface area contributed by atoms with E-state index in [1.54, 1.807) is 30.3 Å². The quantitative estimate of drug-likeness (QED) is 0.632. The van der Waals surface area contributed by atoms with Gasteiger partial charge in [0.1, 0.15) is 5.58 Å². The van der Waals surface area contributed by atoms with Gasteiger partial charge in [-0.1, -0.05) is 50.1 Å². The third-order valence-electron chi connectivity index (χ3n) is 3.24. The summed E-state index contributed by atoms with van der Waals surface area (Å²) in [5, 5.41) is 0.815. The molecule has 0 saturated heterocycles. The van der Waals surface area contributed by atoms with E-state index < -0.39 is 11.5 Å². The molecule has 22 heavy (non-hydrogen) atoms. The Labute approximate surface area is 142 Å². The lowest BCUT2D eigenvalue weighted by molar-refractivity contribution is 0.1000. The highest BCUT2D eigenvalue weighted by Crippen LogP contribution is 2.35. The molecule has 0 aliphatic heterocycles. The molecule has 0 bridgehead atoms. The summed E-state index contributed by atoms with van der Waals surface area (Å²) in [4.78, 5) is 23.6. The molecule has 110 valence electrons. The number of carbonyl (C=O) groups excluding carboxylic acids is 1. The molecule has 3 aromatic rings. The first-order chi connectivity index (χ1) is 10.5. The lowest BCUT2D eigenvalue weighted by Gasteiger charge is -2.09. The average molecular weight is 423 g/mol. The van der Waals surface area contributed by atoms with Crippen LogP contribution in [0.5, 0.6) is 0 Å². The lowest BCUT2D eigenvalue weighted by Crippen LogP contribution is -2.11. The van der Waals surface area contributed by atoms with Crippen LogP contribution in [0.3, 0.4) is 0 Å². The Bertz CT molecular complexity index is 940. The Morgan fingerprint density at radius 2 is 1.68 bits per heavy atom. The molecule has 2 N–H and O–H groups in total. The summed E-state index contributed by atoms with van der Waals surface area (Å²) in [7, 11) is 0. The molecule has 0 aliphatic carbocycles. The highest BCUT2D eigenvalue weighted by Gasteiger charge is 2.16. The van der Waals surface area contributed by atoms with Crippen LogP contribution in [0.2, 0.25) is 0 Å². The molecule has 2 aromatic carbocycles. The summed E-state index contributed by atoms with van der Waals surface area (Å²) >= 11 is 6.77. The van der Waals surface area contributed by atoms with E-state index in [0.29, 0.717) is 31.2 Å². The second-order valence-corrected chi connectivity index (χ2v) is 6.37. The van der Waals surface area contributed by atoms with Crippen LogP contribution in [-0.2, 0) is 0 Å². The minimum Gasteiger partial charge on any atom is -0.422 e. The number of halogens is 2. The van der Waals surface area contributed by atoms with Crippen LogP contribution in [0.25, 0.3) is 22.1 Å². The second-order valence-electron chi connectivity index (χ2n) is 4.66. The SMILES string of the molecule is NC(=O)c1cc(Br)c(-c2cc3ccccc3oc2=O)c(Br)c1. The zero-order chi connectivity index (χ0) is 15.9. The number of fused-ring (bicyclic) bond motifs is 1. The van der Waals surface area contributed by atoms with Crippen molar-refractivity contribution in [2.45, 2.75) is 0 Å². The molecule has 0 radical (unpaired) electrons. The van der Waals surface area contributed by atoms with Crippen molar-refractivity contribution < 1.29 is 9.21 Å². The molecular weight excluding hydrogens is 414 g/mol. The normalized spacial score (nSPS) is 10.8. The van der Waals surface area contributed by atoms with Crippen LogP contribution in [0.1, 0.15) is 10.4 Å². The predicted octanol–water partition coefficient (Wildman–Crippen LogP) is 4.08. The van der Waals surface area contributed by atoms with E-state index in [1.165, 1.54) is 0 Å². The fourth-order valence-electron chi connectivity index (χ4n) is 2.21. The molecule has 0 fully saturated rings. The van der Waals surface area contributed by atoms with Crippen molar-refractivity contribution in [3.05, 3.63) is 67.4 Å². The molecule has 0 spiro atoms. The Balaban J connectivity index is 2.30. The lowest BCUT2D eigenvalue weighted by atomic mass is 10.0. The molecule has 0 aliphatic rings. The van der Waals surface area contributed by atoms with Crippen molar-refractivity contribution >= 4 is 48.7 Å². The standard InChI is InChI=1S/C16H9Br2NO3/c17-11-6-9(15(19)20)7-12(18)14(11)10-5-8-3-1-2-4-13(8)22-16(10)21/h1-7H,(H2,19,20). The minimum absolute atomic E-state index is 0.340. The largest absolute Gasteiger partial charge is 0.422 e. The van der Waals surface area contributed by atoms with E-state index in [-0.39, 0.29) is 0 Å². The van der Waals surface area contributed by atoms with Gasteiger partial charge in [-0.2, -0.15) is 0 Å². The monoisotopic (exact) mass is 421 g/mol. The van der Waals surface area contributed by atoms with Gasteiger partial charge in [-0.25, -0.2) is 4.79 Å². The number of primary amides is 1. The van der Waals surface area contributed by atoms with E-state index in [2.05, 4.69) is 31.9 Å². The van der Waals surface area contributed by atoms with Crippen LogP contribution in [0.15, 0.2) is 60.6 Å². The van der Waals surface area contributed by atoms with Crippen molar-refractivity contribution in [1.82, 2.24) is 0 Å². The van der Waals surface area contributed by atoms with Crippen LogP contribution in [0.4, 0.5) is 0 Å². The molecular formula is C16H9Br2NO3. The number of carbonyl (C=O) groups is 1. The van der Waals surface area contributed by atoms with Gasteiger partial charge in [0.25, 0.3) is 0 Å². The first-order valence-electron chi connectivity index (χ1n) is 6.29. The molecule has 1 heterocycles. The van der Waals surface area contributed by atoms with Crippen molar-refractivity contribution in [1.29, 1.82) is 0 Å². The number of hydrogen-bond donors (Lipinski definition) is 1. The highest BCUT2D eigenvalue weighted by molar-refractivity contribution is 9.11.